The number of hydrogen-bond donors (Lipinski definition) is 2. The van der Waals surface area contributed by atoms with Crippen molar-refractivity contribution in [2.24, 2.45) is 0 Å². The molecule has 3 heterocycles. The molecule has 1 aliphatic heterocycles. The predicted octanol–water partition coefficient (Wildman–Crippen LogP) is 4.02. The van der Waals surface area contributed by atoms with Crippen molar-refractivity contribution in [1.29, 1.82) is 0 Å². The monoisotopic (exact) mass is 458 g/mol. The molecule has 8 heteroatoms. The quantitative estimate of drug-likeness (QED) is 0.394. The lowest BCUT2D eigenvalue weighted by Gasteiger charge is -2.21. The predicted molar refractivity (Wildman–Crippen MR) is 126 cm³/mol. The number of nitrogens with one attached hydrogen (secondary N) is 2. The molecule has 2 N–H and O–H groups in total. The number of rotatable bonds is 9. The second-order valence-corrected chi connectivity index (χ2v) is 8.88. The fraction of sp³-hybridized carbons (Fsp3) is 0.308. The molecule has 0 saturated heterocycles. The van der Waals surface area contributed by atoms with Crippen LogP contribution >= 0.6 is 0 Å². The minimum Gasteiger partial charge on any atom is -0.454 e. The SMILES string of the molecule is O=C(NC1CC1)c1coc(CN(CCc2c[nH]c3ccccc23)Cc2ccc3c(c2)OCO3)n1. The van der Waals surface area contributed by atoms with Crippen molar-refractivity contribution in [1.82, 2.24) is 20.2 Å². The molecule has 2 aromatic carbocycles. The summed E-state index contributed by atoms with van der Waals surface area (Å²) in [6.45, 7) is 2.23. The maximum atomic E-state index is 12.3. The van der Waals surface area contributed by atoms with E-state index in [0.29, 0.717) is 24.7 Å². The van der Waals surface area contributed by atoms with E-state index < -0.39 is 0 Å². The van der Waals surface area contributed by atoms with Gasteiger partial charge in [0.15, 0.2) is 17.2 Å². The van der Waals surface area contributed by atoms with Crippen molar-refractivity contribution in [3.63, 3.8) is 0 Å². The second kappa shape index (κ2) is 8.87. The average Bonchev–Trinajstić information content (AvgIpc) is 3.24. The van der Waals surface area contributed by atoms with Gasteiger partial charge in [0.05, 0.1) is 6.54 Å². The average molecular weight is 459 g/mol. The fourth-order valence-corrected chi connectivity index (χ4v) is 4.29. The van der Waals surface area contributed by atoms with Crippen molar-refractivity contribution in [3.8, 4) is 11.5 Å². The smallest absolute Gasteiger partial charge is 0.273 e. The molecule has 1 fully saturated rings. The molecular weight excluding hydrogens is 432 g/mol. The van der Waals surface area contributed by atoms with E-state index in [9.17, 15) is 4.79 Å². The zero-order valence-corrected chi connectivity index (χ0v) is 18.8. The number of benzene rings is 2. The van der Waals surface area contributed by atoms with Crippen molar-refractivity contribution >= 4 is 16.8 Å². The van der Waals surface area contributed by atoms with Crippen LogP contribution in [0.15, 0.2) is 59.3 Å². The van der Waals surface area contributed by atoms with E-state index in [2.05, 4.69) is 50.6 Å². The van der Waals surface area contributed by atoms with Gasteiger partial charge in [0.25, 0.3) is 5.91 Å². The van der Waals surface area contributed by atoms with Gasteiger partial charge < -0.3 is 24.2 Å². The van der Waals surface area contributed by atoms with Gasteiger partial charge >= 0.3 is 0 Å². The first-order valence-electron chi connectivity index (χ1n) is 11.6. The molecule has 8 nitrogen and oxygen atoms in total. The van der Waals surface area contributed by atoms with E-state index >= 15 is 0 Å². The van der Waals surface area contributed by atoms with Crippen LogP contribution in [0, 0.1) is 0 Å². The van der Waals surface area contributed by atoms with Crippen molar-refractivity contribution in [2.75, 3.05) is 13.3 Å². The Morgan fingerprint density at radius 1 is 1.12 bits per heavy atom. The number of carbonyl (C=O) groups is 1. The molecular formula is C26H26N4O4. The van der Waals surface area contributed by atoms with E-state index in [4.69, 9.17) is 13.9 Å². The van der Waals surface area contributed by atoms with Crippen LogP contribution < -0.4 is 14.8 Å². The lowest BCUT2D eigenvalue weighted by Crippen LogP contribution is -2.27. The molecule has 6 rings (SSSR count). The first-order valence-corrected chi connectivity index (χ1v) is 11.6. The van der Waals surface area contributed by atoms with Crippen molar-refractivity contribution in [3.05, 3.63) is 77.6 Å². The van der Waals surface area contributed by atoms with Crippen LogP contribution in [0.4, 0.5) is 0 Å². The third kappa shape index (κ3) is 4.49. The van der Waals surface area contributed by atoms with Crippen LogP contribution in [0.3, 0.4) is 0 Å². The standard InChI is InChI=1S/C26H26N4O4/c31-26(28-19-6-7-19)22-15-32-25(29-22)14-30(13-17-5-8-23-24(11-17)34-16-33-23)10-9-18-12-27-21-4-2-1-3-20(18)21/h1-5,8,11-12,15,19,27H,6-7,9-10,13-14,16H2,(H,28,31). The molecule has 1 amide bonds. The Balaban J connectivity index is 1.19. The Hall–Kier alpha value is -3.78. The largest absolute Gasteiger partial charge is 0.454 e. The minimum atomic E-state index is -0.168. The molecule has 1 aliphatic carbocycles. The highest BCUT2D eigenvalue weighted by molar-refractivity contribution is 5.92. The summed E-state index contributed by atoms with van der Waals surface area (Å²) in [5, 5.41) is 4.19. The number of nitrogens with zero attached hydrogens (tertiary/aromatic N) is 2. The third-order valence-corrected chi connectivity index (χ3v) is 6.27. The molecule has 174 valence electrons. The van der Waals surface area contributed by atoms with E-state index in [1.165, 1.54) is 17.2 Å². The first kappa shape index (κ1) is 20.8. The van der Waals surface area contributed by atoms with Crippen LogP contribution in [0.1, 0.15) is 40.3 Å². The normalized spacial score (nSPS) is 14.7. The number of H-pyrrole nitrogens is 1. The number of para-hydroxylation sites is 1. The summed E-state index contributed by atoms with van der Waals surface area (Å²) in [7, 11) is 0. The summed E-state index contributed by atoms with van der Waals surface area (Å²) in [5.74, 6) is 1.90. The van der Waals surface area contributed by atoms with Gasteiger partial charge in [0.1, 0.15) is 6.26 Å². The minimum absolute atomic E-state index is 0.168. The molecule has 34 heavy (non-hydrogen) atoms. The summed E-state index contributed by atoms with van der Waals surface area (Å²) in [5.41, 5.74) is 3.85. The number of hydrogen-bond acceptors (Lipinski definition) is 6. The van der Waals surface area contributed by atoms with Gasteiger partial charge in [-0.2, -0.15) is 0 Å². The Bertz CT molecular complexity index is 1320. The van der Waals surface area contributed by atoms with Crippen LogP contribution in [0.2, 0.25) is 0 Å². The highest BCUT2D eigenvalue weighted by atomic mass is 16.7. The lowest BCUT2D eigenvalue weighted by molar-refractivity contribution is 0.0946. The maximum absolute atomic E-state index is 12.3. The molecule has 4 aromatic rings. The van der Waals surface area contributed by atoms with Gasteiger partial charge in [-0.15, -0.1) is 0 Å². The summed E-state index contributed by atoms with van der Waals surface area (Å²) < 4.78 is 16.7. The molecule has 0 radical (unpaired) electrons. The van der Waals surface area contributed by atoms with Crippen LogP contribution in [0.25, 0.3) is 10.9 Å². The van der Waals surface area contributed by atoms with E-state index in [0.717, 1.165) is 48.4 Å². The van der Waals surface area contributed by atoms with Gasteiger partial charge in [-0.3, -0.25) is 9.69 Å². The van der Waals surface area contributed by atoms with Crippen molar-refractivity contribution < 1.29 is 18.7 Å². The highest BCUT2D eigenvalue weighted by Crippen LogP contribution is 2.33. The zero-order valence-electron chi connectivity index (χ0n) is 18.8. The number of aromatic amines is 1. The first-order chi connectivity index (χ1) is 16.7. The Labute approximate surface area is 196 Å². The zero-order chi connectivity index (χ0) is 22.9. The van der Waals surface area contributed by atoms with Crippen LogP contribution in [-0.4, -0.2) is 40.2 Å². The molecule has 0 unspecified atom stereocenters. The van der Waals surface area contributed by atoms with Crippen molar-refractivity contribution in [2.45, 2.75) is 38.4 Å². The number of ether oxygens (including phenoxy) is 2. The molecule has 0 spiro atoms. The van der Waals surface area contributed by atoms with E-state index in [1.807, 2.05) is 18.2 Å². The second-order valence-electron chi connectivity index (χ2n) is 8.88. The fourth-order valence-electron chi connectivity index (χ4n) is 4.29. The Morgan fingerprint density at radius 2 is 2.00 bits per heavy atom. The highest BCUT2D eigenvalue weighted by Gasteiger charge is 2.25. The lowest BCUT2D eigenvalue weighted by atomic mass is 10.1. The van der Waals surface area contributed by atoms with Gasteiger partial charge in [0.2, 0.25) is 12.7 Å². The summed E-state index contributed by atoms with van der Waals surface area (Å²) in [6.07, 6.45) is 6.46. The molecule has 2 aromatic heterocycles. The molecule has 1 saturated carbocycles. The summed E-state index contributed by atoms with van der Waals surface area (Å²) >= 11 is 0. The van der Waals surface area contributed by atoms with Gasteiger partial charge in [-0.25, -0.2) is 4.98 Å². The molecule has 2 aliphatic rings. The van der Waals surface area contributed by atoms with Gasteiger partial charge in [-0.05, 0) is 48.6 Å². The number of carbonyl (C=O) groups excluding carboxylic acids is 1. The van der Waals surface area contributed by atoms with Gasteiger partial charge in [0, 0.05) is 36.2 Å². The number of aromatic nitrogens is 2. The topological polar surface area (TPSA) is 92.6 Å². The molecule has 0 bridgehead atoms. The number of oxazole rings is 1. The van der Waals surface area contributed by atoms with E-state index in [1.54, 1.807) is 0 Å². The van der Waals surface area contributed by atoms with Crippen LogP contribution in [0.5, 0.6) is 11.5 Å². The van der Waals surface area contributed by atoms with Gasteiger partial charge in [-0.1, -0.05) is 24.3 Å². The Morgan fingerprint density at radius 3 is 2.91 bits per heavy atom. The maximum Gasteiger partial charge on any atom is 0.273 e. The van der Waals surface area contributed by atoms with Crippen LogP contribution in [-0.2, 0) is 19.5 Å². The number of amides is 1. The molecule has 0 atom stereocenters. The third-order valence-electron chi connectivity index (χ3n) is 6.27. The summed E-state index contributed by atoms with van der Waals surface area (Å²) in [6, 6.07) is 14.6. The Kier molecular flexibility index (Phi) is 5.43. The number of fused-ring (bicyclic) bond motifs is 2. The summed E-state index contributed by atoms with van der Waals surface area (Å²) in [4.78, 5) is 22.4. The van der Waals surface area contributed by atoms with E-state index in [-0.39, 0.29) is 18.7 Å².